The van der Waals surface area contributed by atoms with E-state index in [0.717, 1.165) is 16.1 Å². The minimum Gasteiger partial charge on any atom is -0.495 e. The van der Waals surface area contributed by atoms with Crippen LogP contribution in [0.4, 0.5) is 11.4 Å². The second kappa shape index (κ2) is 9.17. The molecule has 0 saturated carbocycles. The molecule has 2 aromatic carbocycles. The van der Waals surface area contributed by atoms with E-state index < -0.39 is 22.0 Å². The summed E-state index contributed by atoms with van der Waals surface area (Å²) in [6.45, 7) is 7.23. The van der Waals surface area contributed by atoms with Crippen LogP contribution in [0.3, 0.4) is 0 Å². The molecule has 0 aliphatic heterocycles. The lowest BCUT2D eigenvalue weighted by atomic mass is 10.2. The zero-order valence-electron chi connectivity index (χ0n) is 17.6. The molecule has 1 N–H and O–H groups in total. The normalized spacial score (nSPS) is 12.4. The lowest BCUT2D eigenvalue weighted by Crippen LogP contribution is -2.45. The van der Waals surface area contributed by atoms with Crippen LogP contribution in [0.15, 0.2) is 42.5 Å². The zero-order valence-corrected chi connectivity index (χ0v) is 18.4. The summed E-state index contributed by atoms with van der Waals surface area (Å²) in [4.78, 5) is 12.8. The maximum absolute atomic E-state index is 12.8. The molecule has 0 aliphatic rings. The molecule has 1 unspecified atom stereocenters. The molecule has 2 aromatic rings. The zero-order chi connectivity index (χ0) is 21.8. The molecule has 0 heterocycles. The molecule has 0 bridgehead atoms. The maximum Gasteiger partial charge on any atom is 0.247 e. The summed E-state index contributed by atoms with van der Waals surface area (Å²) in [7, 11) is -2.29. The van der Waals surface area contributed by atoms with Crippen molar-refractivity contribution >= 4 is 27.3 Å². The van der Waals surface area contributed by atoms with Crippen molar-refractivity contribution in [1.29, 1.82) is 0 Å². The van der Waals surface area contributed by atoms with Gasteiger partial charge in [0.1, 0.15) is 17.5 Å². The minimum absolute atomic E-state index is 0.0445. The van der Waals surface area contributed by atoms with Gasteiger partial charge in [-0.15, -0.1) is 0 Å². The lowest BCUT2D eigenvalue weighted by molar-refractivity contribution is -0.116. The summed E-state index contributed by atoms with van der Waals surface area (Å²) in [6, 6.07) is 11.1. The van der Waals surface area contributed by atoms with Crippen molar-refractivity contribution in [1.82, 2.24) is 0 Å². The van der Waals surface area contributed by atoms with E-state index in [1.165, 1.54) is 14.0 Å². The molecule has 0 spiro atoms. The number of methoxy groups -OCH3 is 1. The largest absolute Gasteiger partial charge is 0.495 e. The third-order valence-electron chi connectivity index (χ3n) is 4.15. The quantitative estimate of drug-likeness (QED) is 0.706. The van der Waals surface area contributed by atoms with Crippen molar-refractivity contribution in [2.45, 2.75) is 39.8 Å². The highest BCUT2D eigenvalue weighted by molar-refractivity contribution is 7.92. The number of carbonyl (C=O) groups excluding carboxylic acids is 1. The van der Waals surface area contributed by atoms with Gasteiger partial charge in [0.25, 0.3) is 0 Å². The van der Waals surface area contributed by atoms with E-state index >= 15 is 0 Å². The van der Waals surface area contributed by atoms with Crippen LogP contribution in [0.5, 0.6) is 11.5 Å². The monoisotopic (exact) mass is 420 g/mol. The number of aryl methyl sites for hydroxylation is 1. The number of hydrogen-bond acceptors (Lipinski definition) is 5. The van der Waals surface area contributed by atoms with E-state index in [1.807, 2.05) is 26.8 Å². The summed E-state index contributed by atoms with van der Waals surface area (Å²) >= 11 is 0. The topological polar surface area (TPSA) is 84.9 Å². The van der Waals surface area contributed by atoms with Gasteiger partial charge in [0.2, 0.25) is 15.9 Å². The third-order valence-corrected chi connectivity index (χ3v) is 5.38. The van der Waals surface area contributed by atoms with Crippen molar-refractivity contribution in [3.63, 3.8) is 0 Å². The molecule has 0 radical (unpaired) electrons. The van der Waals surface area contributed by atoms with Crippen LogP contribution < -0.4 is 19.1 Å². The van der Waals surface area contributed by atoms with Crippen LogP contribution in [0, 0.1) is 6.92 Å². The first-order valence-electron chi connectivity index (χ1n) is 9.24. The van der Waals surface area contributed by atoms with Gasteiger partial charge in [0.15, 0.2) is 0 Å². The smallest absolute Gasteiger partial charge is 0.247 e. The number of hydrogen-bond donors (Lipinski definition) is 1. The Morgan fingerprint density at radius 1 is 1.07 bits per heavy atom. The molecule has 1 amide bonds. The molecular weight excluding hydrogens is 392 g/mol. The number of carbonyl (C=O) groups is 1. The molecule has 29 heavy (non-hydrogen) atoms. The van der Waals surface area contributed by atoms with Gasteiger partial charge in [-0.25, -0.2) is 8.42 Å². The van der Waals surface area contributed by atoms with E-state index in [2.05, 4.69) is 5.32 Å². The molecule has 8 heteroatoms. The van der Waals surface area contributed by atoms with Crippen LogP contribution >= 0.6 is 0 Å². The van der Waals surface area contributed by atoms with Gasteiger partial charge in [-0.2, -0.15) is 0 Å². The number of sulfonamides is 1. The summed E-state index contributed by atoms with van der Waals surface area (Å²) in [5, 5.41) is 2.76. The second-order valence-corrected chi connectivity index (χ2v) is 8.95. The predicted molar refractivity (Wildman–Crippen MR) is 115 cm³/mol. The first-order chi connectivity index (χ1) is 13.5. The SMILES string of the molecule is COc1ccc(C)cc1N(C(C)C(=O)Nc1ccc(OC(C)C)cc1)S(C)(=O)=O. The highest BCUT2D eigenvalue weighted by atomic mass is 32.2. The Kier molecular flexibility index (Phi) is 7.13. The van der Waals surface area contributed by atoms with E-state index in [-0.39, 0.29) is 6.10 Å². The summed E-state index contributed by atoms with van der Waals surface area (Å²) in [6.07, 6.45) is 1.11. The van der Waals surface area contributed by atoms with E-state index in [4.69, 9.17) is 9.47 Å². The Labute approximate surface area is 172 Å². The van der Waals surface area contributed by atoms with Gasteiger partial charge >= 0.3 is 0 Å². The van der Waals surface area contributed by atoms with E-state index in [0.29, 0.717) is 22.9 Å². The Balaban J connectivity index is 2.29. The van der Waals surface area contributed by atoms with Crippen LogP contribution in [-0.4, -0.2) is 39.8 Å². The van der Waals surface area contributed by atoms with Gasteiger partial charge in [0.05, 0.1) is 25.2 Å². The van der Waals surface area contributed by atoms with E-state index in [1.54, 1.807) is 36.4 Å². The van der Waals surface area contributed by atoms with Crippen LogP contribution in [0.1, 0.15) is 26.3 Å². The first kappa shape index (κ1) is 22.5. The minimum atomic E-state index is -3.75. The molecule has 7 nitrogen and oxygen atoms in total. The van der Waals surface area contributed by atoms with Crippen LogP contribution in [0.25, 0.3) is 0 Å². The number of amides is 1. The Hall–Kier alpha value is -2.74. The second-order valence-electron chi connectivity index (χ2n) is 7.09. The van der Waals surface area contributed by atoms with Gasteiger partial charge in [0, 0.05) is 5.69 Å². The standard InChI is InChI=1S/C21H28N2O5S/c1-14(2)28-18-10-8-17(9-11-18)22-21(24)16(4)23(29(6,25)26)19-13-15(3)7-12-20(19)27-5/h7-14,16H,1-6H3,(H,22,24). The lowest BCUT2D eigenvalue weighted by Gasteiger charge is -2.29. The van der Waals surface area contributed by atoms with Crippen LogP contribution in [0.2, 0.25) is 0 Å². The molecule has 0 aromatic heterocycles. The molecule has 0 fully saturated rings. The average molecular weight is 421 g/mol. The number of nitrogens with one attached hydrogen (secondary N) is 1. The Morgan fingerprint density at radius 3 is 2.21 bits per heavy atom. The molecule has 0 saturated heterocycles. The fraction of sp³-hybridized carbons (Fsp3) is 0.381. The molecule has 0 aliphatic carbocycles. The van der Waals surface area contributed by atoms with Gasteiger partial charge in [-0.05, 0) is 69.7 Å². The van der Waals surface area contributed by atoms with Crippen molar-refractivity contribution in [2.24, 2.45) is 0 Å². The molecule has 158 valence electrons. The summed E-state index contributed by atoms with van der Waals surface area (Å²) < 4.78 is 37.0. The third kappa shape index (κ3) is 5.87. The summed E-state index contributed by atoms with van der Waals surface area (Å²) in [5.74, 6) is 0.598. The number of anilines is 2. The number of nitrogens with zero attached hydrogens (tertiary/aromatic N) is 1. The Morgan fingerprint density at radius 2 is 1.69 bits per heavy atom. The van der Waals surface area contributed by atoms with Gasteiger partial charge < -0.3 is 14.8 Å². The summed E-state index contributed by atoms with van der Waals surface area (Å²) in [5.41, 5.74) is 1.71. The number of ether oxygens (including phenoxy) is 2. The molecule has 1 atom stereocenters. The fourth-order valence-electron chi connectivity index (χ4n) is 2.89. The predicted octanol–water partition coefficient (Wildman–Crippen LogP) is 3.58. The Bertz CT molecular complexity index is 956. The average Bonchev–Trinajstić information content (AvgIpc) is 2.62. The van der Waals surface area contributed by atoms with Gasteiger partial charge in [-0.3, -0.25) is 9.10 Å². The van der Waals surface area contributed by atoms with Gasteiger partial charge in [-0.1, -0.05) is 6.07 Å². The number of rotatable bonds is 8. The number of benzene rings is 2. The maximum atomic E-state index is 12.8. The molecular formula is C21H28N2O5S. The highest BCUT2D eigenvalue weighted by Gasteiger charge is 2.31. The first-order valence-corrected chi connectivity index (χ1v) is 11.1. The van der Waals surface area contributed by atoms with Crippen molar-refractivity contribution in [2.75, 3.05) is 23.0 Å². The van der Waals surface area contributed by atoms with Crippen molar-refractivity contribution in [3.8, 4) is 11.5 Å². The van der Waals surface area contributed by atoms with Crippen LogP contribution in [-0.2, 0) is 14.8 Å². The fourth-order valence-corrected chi connectivity index (χ4v) is 4.06. The van der Waals surface area contributed by atoms with Crippen molar-refractivity contribution in [3.05, 3.63) is 48.0 Å². The highest BCUT2D eigenvalue weighted by Crippen LogP contribution is 2.33. The molecule has 2 rings (SSSR count). The van der Waals surface area contributed by atoms with Crippen molar-refractivity contribution < 1.29 is 22.7 Å². The van der Waals surface area contributed by atoms with E-state index in [9.17, 15) is 13.2 Å².